The van der Waals surface area contributed by atoms with Gasteiger partial charge in [0.25, 0.3) is 5.69 Å². The SMILES string of the molecule is NS(=O)(=O)c1ccc(-n2nc(-c3ccc(Cl)cc3)cc2-c2ccc([N+](=O)[O-])cc2)cc1. The molecule has 10 heteroatoms. The number of benzene rings is 3. The van der Waals surface area contributed by atoms with Crippen LogP contribution >= 0.6 is 11.6 Å². The minimum Gasteiger partial charge on any atom is -0.258 e. The highest BCUT2D eigenvalue weighted by atomic mass is 35.5. The summed E-state index contributed by atoms with van der Waals surface area (Å²) in [6.45, 7) is 0. The Bertz CT molecular complexity index is 1360. The number of nitro benzene ring substituents is 1. The number of halogens is 1. The van der Waals surface area contributed by atoms with Gasteiger partial charge in [-0.15, -0.1) is 0 Å². The summed E-state index contributed by atoms with van der Waals surface area (Å²) >= 11 is 5.98. The highest BCUT2D eigenvalue weighted by Gasteiger charge is 2.16. The molecule has 2 N–H and O–H groups in total. The molecule has 0 aliphatic heterocycles. The topological polar surface area (TPSA) is 121 Å². The number of nitro groups is 1. The molecular weight excluding hydrogens is 440 g/mol. The molecule has 3 aromatic carbocycles. The lowest BCUT2D eigenvalue weighted by Gasteiger charge is -2.08. The molecule has 0 aliphatic rings. The summed E-state index contributed by atoms with van der Waals surface area (Å²) in [5.74, 6) is 0. The second kappa shape index (κ2) is 7.95. The predicted molar refractivity (Wildman–Crippen MR) is 117 cm³/mol. The molecule has 1 heterocycles. The van der Waals surface area contributed by atoms with Crippen molar-refractivity contribution >= 4 is 27.3 Å². The standard InChI is InChI=1S/C21H15ClN4O4S/c22-16-5-1-14(2-6-16)20-13-21(15-3-7-18(8-4-15)26(27)28)25(24-20)17-9-11-19(12-10-17)31(23,29)30/h1-13H,(H2,23,29,30). The fourth-order valence-corrected chi connectivity index (χ4v) is 3.72. The number of rotatable bonds is 5. The molecule has 0 spiro atoms. The molecule has 0 amide bonds. The monoisotopic (exact) mass is 454 g/mol. The van der Waals surface area contributed by atoms with Gasteiger partial charge >= 0.3 is 0 Å². The molecule has 31 heavy (non-hydrogen) atoms. The van der Waals surface area contributed by atoms with Crippen molar-refractivity contribution in [1.82, 2.24) is 9.78 Å². The van der Waals surface area contributed by atoms with Gasteiger partial charge in [-0.1, -0.05) is 23.7 Å². The minimum absolute atomic E-state index is 0.0155. The van der Waals surface area contributed by atoms with E-state index < -0.39 is 14.9 Å². The number of sulfonamides is 1. The van der Waals surface area contributed by atoms with Crippen LogP contribution in [0.15, 0.2) is 83.8 Å². The van der Waals surface area contributed by atoms with Crippen LogP contribution in [-0.2, 0) is 10.0 Å². The van der Waals surface area contributed by atoms with Crippen LogP contribution in [0.3, 0.4) is 0 Å². The fraction of sp³-hybridized carbons (Fsp3) is 0. The number of nitrogens with two attached hydrogens (primary N) is 1. The number of hydrogen-bond acceptors (Lipinski definition) is 5. The summed E-state index contributed by atoms with van der Waals surface area (Å²) in [6, 6.07) is 21.1. The van der Waals surface area contributed by atoms with Crippen LogP contribution in [0.1, 0.15) is 0 Å². The lowest BCUT2D eigenvalue weighted by atomic mass is 10.1. The van der Waals surface area contributed by atoms with E-state index in [-0.39, 0.29) is 10.6 Å². The Morgan fingerprint density at radius 1 is 0.903 bits per heavy atom. The van der Waals surface area contributed by atoms with Crippen molar-refractivity contribution in [3.8, 4) is 28.2 Å². The first kappa shape index (κ1) is 20.7. The van der Waals surface area contributed by atoms with Crippen molar-refractivity contribution in [2.24, 2.45) is 5.14 Å². The molecule has 0 bridgehead atoms. The number of aromatic nitrogens is 2. The Kier molecular flexibility index (Phi) is 5.32. The van der Waals surface area contributed by atoms with Crippen LogP contribution in [0.5, 0.6) is 0 Å². The maximum atomic E-state index is 11.6. The number of hydrogen-bond donors (Lipinski definition) is 1. The average Bonchev–Trinajstić information content (AvgIpc) is 3.19. The Morgan fingerprint density at radius 2 is 1.48 bits per heavy atom. The highest BCUT2D eigenvalue weighted by Crippen LogP contribution is 2.30. The number of primary sulfonamides is 1. The zero-order chi connectivity index (χ0) is 22.2. The first-order chi connectivity index (χ1) is 14.7. The summed E-state index contributed by atoms with van der Waals surface area (Å²) in [7, 11) is -3.82. The molecule has 156 valence electrons. The summed E-state index contributed by atoms with van der Waals surface area (Å²) < 4.78 is 24.8. The molecule has 0 saturated carbocycles. The summed E-state index contributed by atoms with van der Waals surface area (Å²) in [5.41, 5.74) is 3.43. The van der Waals surface area contributed by atoms with E-state index in [1.807, 2.05) is 18.2 Å². The molecule has 0 saturated heterocycles. The van der Waals surface area contributed by atoms with Crippen molar-refractivity contribution in [2.75, 3.05) is 0 Å². The van der Waals surface area contributed by atoms with Crippen LogP contribution in [0.4, 0.5) is 5.69 Å². The van der Waals surface area contributed by atoms with Gasteiger partial charge in [-0.05, 0) is 54.6 Å². The quantitative estimate of drug-likeness (QED) is 0.353. The number of nitrogens with zero attached hydrogens (tertiary/aromatic N) is 3. The van der Waals surface area contributed by atoms with E-state index in [1.165, 1.54) is 24.3 Å². The maximum absolute atomic E-state index is 11.6. The van der Waals surface area contributed by atoms with E-state index in [1.54, 1.807) is 41.1 Å². The van der Waals surface area contributed by atoms with Crippen LogP contribution < -0.4 is 5.14 Å². The van der Waals surface area contributed by atoms with Gasteiger partial charge in [0.15, 0.2) is 0 Å². The van der Waals surface area contributed by atoms with Gasteiger partial charge in [0.1, 0.15) is 0 Å². The molecule has 1 aromatic heterocycles. The van der Waals surface area contributed by atoms with Crippen LogP contribution in [0.2, 0.25) is 5.02 Å². The Labute approximate surface area is 182 Å². The van der Waals surface area contributed by atoms with Crippen molar-refractivity contribution in [2.45, 2.75) is 4.90 Å². The van der Waals surface area contributed by atoms with Gasteiger partial charge in [0, 0.05) is 28.3 Å². The van der Waals surface area contributed by atoms with Gasteiger partial charge in [0.2, 0.25) is 10.0 Å². The van der Waals surface area contributed by atoms with Crippen LogP contribution in [-0.4, -0.2) is 23.1 Å². The first-order valence-corrected chi connectivity index (χ1v) is 10.9. The van der Waals surface area contributed by atoms with E-state index in [4.69, 9.17) is 16.7 Å². The molecule has 4 rings (SSSR count). The van der Waals surface area contributed by atoms with E-state index >= 15 is 0 Å². The number of non-ortho nitro benzene ring substituents is 1. The molecule has 0 fully saturated rings. The van der Waals surface area contributed by atoms with E-state index in [9.17, 15) is 18.5 Å². The van der Waals surface area contributed by atoms with E-state index in [0.717, 1.165) is 5.56 Å². The molecule has 0 aliphatic carbocycles. The summed E-state index contributed by atoms with van der Waals surface area (Å²) in [6.07, 6.45) is 0. The van der Waals surface area contributed by atoms with Crippen molar-refractivity contribution < 1.29 is 13.3 Å². The maximum Gasteiger partial charge on any atom is 0.269 e. The van der Waals surface area contributed by atoms with Crippen LogP contribution in [0.25, 0.3) is 28.2 Å². The molecule has 0 unspecified atom stereocenters. The largest absolute Gasteiger partial charge is 0.269 e. The van der Waals surface area contributed by atoms with Gasteiger partial charge in [0.05, 0.1) is 26.9 Å². The second-order valence-electron chi connectivity index (χ2n) is 6.68. The predicted octanol–water partition coefficient (Wildman–Crippen LogP) is 4.42. The van der Waals surface area contributed by atoms with Gasteiger partial charge in [-0.3, -0.25) is 10.1 Å². The molecule has 0 radical (unpaired) electrons. The van der Waals surface area contributed by atoms with Crippen molar-refractivity contribution in [3.63, 3.8) is 0 Å². The molecular formula is C21H15ClN4O4S. The third kappa shape index (κ3) is 4.33. The fourth-order valence-electron chi connectivity index (χ4n) is 3.08. The summed E-state index contributed by atoms with van der Waals surface area (Å²) in [5, 5.41) is 21.4. The lowest BCUT2D eigenvalue weighted by molar-refractivity contribution is -0.384. The Balaban J connectivity index is 1.85. The smallest absolute Gasteiger partial charge is 0.258 e. The zero-order valence-electron chi connectivity index (χ0n) is 15.8. The molecule has 4 aromatic rings. The van der Waals surface area contributed by atoms with Crippen molar-refractivity contribution in [1.29, 1.82) is 0 Å². The third-order valence-corrected chi connectivity index (χ3v) is 5.81. The molecule has 0 atom stereocenters. The van der Waals surface area contributed by atoms with Gasteiger partial charge in [-0.25, -0.2) is 18.2 Å². The highest BCUT2D eigenvalue weighted by molar-refractivity contribution is 7.89. The lowest BCUT2D eigenvalue weighted by Crippen LogP contribution is -2.12. The first-order valence-electron chi connectivity index (χ1n) is 8.96. The van der Waals surface area contributed by atoms with Crippen LogP contribution in [0, 0.1) is 10.1 Å². The van der Waals surface area contributed by atoms with Crippen molar-refractivity contribution in [3.05, 3.63) is 94.0 Å². The zero-order valence-corrected chi connectivity index (χ0v) is 17.4. The second-order valence-corrected chi connectivity index (χ2v) is 8.67. The van der Waals surface area contributed by atoms with E-state index in [0.29, 0.717) is 27.7 Å². The minimum atomic E-state index is -3.82. The van der Waals surface area contributed by atoms with Gasteiger partial charge in [-0.2, -0.15) is 5.10 Å². The van der Waals surface area contributed by atoms with Gasteiger partial charge < -0.3 is 0 Å². The summed E-state index contributed by atoms with van der Waals surface area (Å²) in [4.78, 5) is 10.5. The Morgan fingerprint density at radius 3 is 2.03 bits per heavy atom. The van der Waals surface area contributed by atoms with E-state index in [2.05, 4.69) is 5.10 Å². The third-order valence-electron chi connectivity index (χ3n) is 4.63. The Hall–Kier alpha value is -3.53. The normalized spacial score (nSPS) is 11.4. The average molecular weight is 455 g/mol. The molecule has 8 nitrogen and oxygen atoms in total.